The first-order chi connectivity index (χ1) is 8.25. The number of aromatic nitrogens is 1. The standard InChI is InChI=1S/C12H16N4O/c13-10-4-1-5-11(15-10)16-6-2-3-8-9(16)7-14-12(8)17/h1,4-5,8-9H,2-3,6-7H2,(H2,13,15)(H,14,17). The van der Waals surface area contributed by atoms with E-state index in [2.05, 4.69) is 15.2 Å². The summed E-state index contributed by atoms with van der Waals surface area (Å²) in [6, 6.07) is 5.89. The molecule has 17 heavy (non-hydrogen) atoms. The van der Waals surface area contributed by atoms with Crippen LogP contribution >= 0.6 is 0 Å². The molecule has 1 aromatic heterocycles. The summed E-state index contributed by atoms with van der Waals surface area (Å²) in [6.07, 6.45) is 2.01. The molecule has 0 aliphatic carbocycles. The molecule has 2 unspecified atom stereocenters. The SMILES string of the molecule is Nc1cccc(N2CCCC3C(=O)NCC32)n1. The number of pyridine rings is 1. The van der Waals surface area contributed by atoms with Crippen LogP contribution in [0.3, 0.4) is 0 Å². The lowest BCUT2D eigenvalue weighted by molar-refractivity contribution is -0.122. The molecule has 5 nitrogen and oxygen atoms in total. The maximum atomic E-state index is 11.7. The van der Waals surface area contributed by atoms with Gasteiger partial charge in [-0.25, -0.2) is 4.98 Å². The van der Waals surface area contributed by atoms with Gasteiger partial charge in [-0.05, 0) is 25.0 Å². The van der Waals surface area contributed by atoms with Crippen molar-refractivity contribution in [3.05, 3.63) is 18.2 Å². The molecule has 2 aliphatic rings. The molecule has 0 saturated carbocycles. The van der Waals surface area contributed by atoms with Gasteiger partial charge in [0.15, 0.2) is 0 Å². The Bertz CT molecular complexity index is 448. The van der Waals surface area contributed by atoms with Crippen LogP contribution < -0.4 is 16.0 Å². The second-order valence-electron chi connectivity index (χ2n) is 4.68. The van der Waals surface area contributed by atoms with Crippen molar-refractivity contribution in [1.82, 2.24) is 10.3 Å². The molecular weight excluding hydrogens is 216 g/mol. The predicted molar refractivity (Wildman–Crippen MR) is 65.5 cm³/mol. The highest BCUT2D eigenvalue weighted by Crippen LogP contribution is 2.30. The first-order valence-corrected chi connectivity index (χ1v) is 6.02. The fourth-order valence-corrected chi connectivity index (χ4v) is 2.84. The van der Waals surface area contributed by atoms with Crippen molar-refractivity contribution in [2.24, 2.45) is 5.92 Å². The molecule has 2 fully saturated rings. The second-order valence-corrected chi connectivity index (χ2v) is 4.68. The zero-order valence-electron chi connectivity index (χ0n) is 9.60. The highest BCUT2D eigenvalue weighted by Gasteiger charge is 2.41. The Kier molecular flexibility index (Phi) is 2.39. The number of anilines is 2. The third-order valence-corrected chi connectivity index (χ3v) is 3.65. The van der Waals surface area contributed by atoms with E-state index in [0.717, 1.165) is 31.7 Å². The van der Waals surface area contributed by atoms with Crippen LogP contribution in [-0.4, -0.2) is 30.0 Å². The fourth-order valence-electron chi connectivity index (χ4n) is 2.84. The topological polar surface area (TPSA) is 71.2 Å². The monoisotopic (exact) mass is 232 g/mol. The van der Waals surface area contributed by atoms with Gasteiger partial charge in [0.1, 0.15) is 11.6 Å². The number of rotatable bonds is 1. The maximum Gasteiger partial charge on any atom is 0.225 e. The van der Waals surface area contributed by atoms with Gasteiger partial charge in [-0.2, -0.15) is 0 Å². The van der Waals surface area contributed by atoms with Gasteiger partial charge in [-0.15, -0.1) is 0 Å². The maximum absolute atomic E-state index is 11.7. The molecule has 1 aromatic rings. The third kappa shape index (κ3) is 1.71. The van der Waals surface area contributed by atoms with Gasteiger partial charge in [-0.3, -0.25) is 4.79 Å². The van der Waals surface area contributed by atoms with E-state index in [9.17, 15) is 4.79 Å². The van der Waals surface area contributed by atoms with Gasteiger partial charge in [0, 0.05) is 13.1 Å². The van der Waals surface area contributed by atoms with Crippen molar-refractivity contribution in [3.63, 3.8) is 0 Å². The Morgan fingerprint density at radius 3 is 3.18 bits per heavy atom. The second kappa shape index (κ2) is 3.91. The van der Waals surface area contributed by atoms with E-state index in [4.69, 9.17) is 5.73 Å². The van der Waals surface area contributed by atoms with Crippen LogP contribution in [-0.2, 0) is 4.79 Å². The molecule has 3 N–H and O–H groups in total. The predicted octanol–water partition coefficient (Wildman–Crippen LogP) is 0.379. The summed E-state index contributed by atoms with van der Waals surface area (Å²) >= 11 is 0. The highest BCUT2D eigenvalue weighted by molar-refractivity contribution is 5.83. The van der Waals surface area contributed by atoms with Gasteiger partial charge >= 0.3 is 0 Å². The molecule has 2 atom stereocenters. The molecular formula is C12H16N4O. The van der Waals surface area contributed by atoms with Crippen LogP contribution in [0.4, 0.5) is 11.6 Å². The van der Waals surface area contributed by atoms with E-state index in [-0.39, 0.29) is 17.9 Å². The van der Waals surface area contributed by atoms with Gasteiger partial charge < -0.3 is 16.0 Å². The van der Waals surface area contributed by atoms with Crippen molar-refractivity contribution in [2.45, 2.75) is 18.9 Å². The number of nitrogens with zero attached hydrogens (tertiary/aromatic N) is 2. The number of piperidine rings is 1. The molecule has 0 bridgehead atoms. The van der Waals surface area contributed by atoms with E-state index in [0.29, 0.717) is 5.82 Å². The minimum absolute atomic E-state index is 0.118. The Balaban J connectivity index is 1.90. The fraction of sp³-hybridized carbons (Fsp3) is 0.500. The third-order valence-electron chi connectivity index (χ3n) is 3.65. The normalized spacial score (nSPS) is 27.8. The Morgan fingerprint density at radius 2 is 2.35 bits per heavy atom. The summed E-state index contributed by atoms with van der Waals surface area (Å²) in [4.78, 5) is 18.2. The number of hydrogen-bond donors (Lipinski definition) is 2. The average molecular weight is 232 g/mol. The zero-order chi connectivity index (χ0) is 11.8. The van der Waals surface area contributed by atoms with Crippen LogP contribution in [0, 0.1) is 5.92 Å². The first kappa shape index (κ1) is 10.4. The highest BCUT2D eigenvalue weighted by atomic mass is 16.2. The number of nitrogens with two attached hydrogens (primary N) is 1. The lowest BCUT2D eigenvalue weighted by atomic mass is 9.91. The number of fused-ring (bicyclic) bond motifs is 1. The molecule has 0 radical (unpaired) electrons. The number of amides is 1. The molecule has 3 rings (SSSR count). The smallest absolute Gasteiger partial charge is 0.225 e. The van der Waals surface area contributed by atoms with Crippen LogP contribution in [0.1, 0.15) is 12.8 Å². The Labute approximate surface area is 100 Å². The van der Waals surface area contributed by atoms with Crippen LogP contribution in [0.5, 0.6) is 0 Å². The van der Waals surface area contributed by atoms with Crippen LogP contribution in [0.2, 0.25) is 0 Å². The summed E-state index contributed by atoms with van der Waals surface area (Å²) in [5.41, 5.74) is 5.71. The van der Waals surface area contributed by atoms with E-state index in [1.54, 1.807) is 6.07 Å². The Hall–Kier alpha value is -1.78. The number of nitrogens with one attached hydrogen (secondary N) is 1. The van der Waals surface area contributed by atoms with Crippen molar-refractivity contribution in [1.29, 1.82) is 0 Å². The van der Waals surface area contributed by atoms with Crippen molar-refractivity contribution >= 4 is 17.5 Å². The summed E-state index contributed by atoms with van der Waals surface area (Å²) < 4.78 is 0. The minimum Gasteiger partial charge on any atom is -0.384 e. The van der Waals surface area contributed by atoms with E-state index in [1.807, 2.05) is 12.1 Å². The van der Waals surface area contributed by atoms with Gasteiger partial charge in [0.05, 0.1) is 12.0 Å². The van der Waals surface area contributed by atoms with Crippen LogP contribution in [0.15, 0.2) is 18.2 Å². The minimum atomic E-state index is 0.118. The van der Waals surface area contributed by atoms with Crippen LogP contribution in [0.25, 0.3) is 0 Å². The summed E-state index contributed by atoms with van der Waals surface area (Å²) in [5.74, 6) is 1.72. The number of carbonyl (C=O) groups excluding carboxylic acids is 1. The molecule has 1 amide bonds. The molecule has 5 heteroatoms. The van der Waals surface area contributed by atoms with Crippen molar-refractivity contribution < 1.29 is 4.79 Å². The molecule has 0 aromatic carbocycles. The molecule has 0 spiro atoms. The van der Waals surface area contributed by atoms with E-state index >= 15 is 0 Å². The largest absolute Gasteiger partial charge is 0.384 e. The summed E-state index contributed by atoms with van der Waals surface area (Å²) in [6.45, 7) is 1.67. The molecule has 2 aliphatic heterocycles. The zero-order valence-corrected chi connectivity index (χ0v) is 9.60. The van der Waals surface area contributed by atoms with Crippen molar-refractivity contribution in [2.75, 3.05) is 23.7 Å². The molecule has 2 saturated heterocycles. The summed E-state index contributed by atoms with van der Waals surface area (Å²) in [7, 11) is 0. The van der Waals surface area contributed by atoms with Gasteiger partial charge in [0.25, 0.3) is 0 Å². The number of nitrogen functional groups attached to an aromatic ring is 1. The lowest BCUT2D eigenvalue weighted by Crippen LogP contribution is -2.46. The van der Waals surface area contributed by atoms with Gasteiger partial charge in [0.2, 0.25) is 5.91 Å². The average Bonchev–Trinajstić information content (AvgIpc) is 2.71. The number of hydrogen-bond acceptors (Lipinski definition) is 4. The summed E-state index contributed by atoms with van der Waals surface area (Å²) in [5, 5.41) is 2.94. The molecule has 90 valence electrons. The van der Waals surface area contributed by atoms with Crippen molar-refractivity contribution in [3.8, 4) is 0 Å². The molecule has 3 heterocycles. The first-order valence-electron chi connectivity index (χ1n) is 6.02. The quantitative estimate of drug-likeness (QED) is 0.734. The van der Waals surface area contributed by atoms with E-state index < -0.39 is 0 Å². The number of carbonyl (C=O) groups is 1. The lowest BCUT2D eigenvalue weighted by Gasteiger charge is -2.36. The van der Waals surface area contributed by atoms with Gasteiger partial charge in [-0.1, -0.05) is 6.07 Å². The Morgan fingerprint density at radius 1 is 1.47 bits per heavy atom. The van der Waals surface area contributed by atoms with E-state index in [1.165, 1.54) is 0 Å².